The van der Waals surface area contributed by atoms with Crippen LogP contribution in [-0.4, -0.2) is 6.04 Å². The molecule has 2 unspecified atom stereocenters. The molecule has 0 fully saturated rings. The summed E-state index contributed by atoms with van der Waals surface area (Å²) in [5.41, 5.74) is 3.83. The van der Waals surface area contributed by atoms with Crippen molar-refractivity contribution < 1.29 is 4.39 Å². The van der Waals surface area contributed by atoms with E-state index in [0.717, 1.165) is 18.4 Å². The van der Waals surface area contributed by atoms with Gasteiger partial charge in [-0.2, -0.15) is 0 Å². The molecular formula is C14H23FN2. The highest BCUT2D eigenvalue weighted by molar-refractivity contribution is 5.17. The Balaban J connectivity index is 2.51. The Morgan fingerprint density at radius 1 is 1.41 bits per heavy atom. The maximum atomic E-state index is 13.1. The predicted octanol–water partition coefficient (Wildman–Crippen LogP) is 3.03. The molecule has 1 aromatic rings. The Labute approximate surface area is 103 Å². The lowest BCUT2D eigenvalue weighted by atomic mass is 9.94. The Morgan fingerprint density at radius 3 is 2.76 bits per heavy atom. The molecule has 0 amide bonds. The van der Waals surface area contributed by atoms with Crippen LogP contribution < -0.4 is 11.3 Å². The van der Waals surface area contributed by atoms with Gasteiger partial charge in [-0.1, -0.05) is 38.8 Å². The molecule has 2 atom stereocenters. The topological polar surface area (TPSA) is 38.0 Å². The van der Waals surface area contributed by atoms with Crippen molar-refractivity contribution in [1.82, 2.24) is 5.43 Å². The molecule has 3 heteroatoms. The lowest BCUT2D eigenvalue weighted by molar-refractivity contribution is 0.384. The van der Waals surface area contributed by atoms with Crippen LogP contribution in [0.3, 0.4) is 0 Å². The molecule has 0 bridgehead atoms. The first kappa shape index (κ1) is 14.1. The monoisotopic (exact) mass is 238 g/mol. The molecule has 0 saturated heterocycles. The minimum Gasteiger partial charge on any atom is -0.271 e. The molecule has 0 heterocycles. The van der Waals surface area contributed by atoms with E-state index in [1.807, 2.05) is 6.07 Å². The Hall–Kier alpha value is -0.930. The van der Waals surface area contributed by atoms with Gasteiger partial charge in [0.05, 0.1) is 0 Å². The molecule has 96 valence electrons. The normalized spacial score (nSPS) is 14.6. The van der Waals surface area contributed by atoms with E-state index in [-0.39, 0.29) is 11.9 Å². The van der Waals surface area contributed by atoms with E-state index in [1.54, 1.807) is 12.1 Å². The van der Waals surface area contributed by atoms with Crippen LogP contribution in [0.4, 0.5) is 4.39 Å². The summed E-state index contributed by atoms with van der Waals surface area (Å²) in [6, 6.07) is 6.95. The maximum absolute atomic E-state index is 13.1. The van der Waals surface area contributed by atoms with Crippen LogP contribution in [0, 0.1) is 11.7 Å². The lowest BCUT2D eigenvalue weighted by Crippen LogP contribution is -2.38. The van der Waals surface area contributed by atoms with E-state index in [0.29, 0.717) is 5.92 Å². The van der Waals surface area contributed by atoms with E-state index >= 15 is 0 Å². The standard InChI is InChI=1S/C14H23FN2/c1-3-5-11(2)8-14(17-16)10-12-6-4-7-13(15)9-12/h4,6-7,9,11,14,17H,3,5,8,10,16H2,1-2H3. The average Bonchev–Trinajstić information content (AvgIpc) is 2.28. The van der Waals surface area contributed by atoms with Crippen molar-refractivity contribution in [3.8, 4) is 0 Å². The third kappa shape index (κ3) is 5.29. The fourth-order valence-corrected chi connectivity index (χ4v) is 2.26. The number of hydrogen-bond donors (Lipinski definition) is 2. The molecule has 0 spiro atoms. The van der Waals surface area contributed by atoms with E-state index in [4.69, 9.17) is 5.84 Å². The summed E-state index contributed by atoms with van der Waals surface area (Å²) >= 11 is 0. The summed E-state index contributed by atoms with van der Waals surface area (Å²) in [5.74, 6) is 6.03. The second kappa shape index (κ2) is 7.41. The number of rotatable bonds is 7. The number of nitrogens with one attached hydrogen (secondary N) is 1. The average molecular weight is 238 g/mol. The van der Waals surface area contributed by atoms with Gasteiger partial charge in [0, 0.05) is 6.04 Å². The van der Waals surface area contributed by atoms with Gasteiger partial charge in [0.25, 0.3) is 0 Å². The van der Waals surface area contributed by atoms with Crippen molar-refractivity contribution in [2.75, 3.05) is 0 Å². The number of nitrogens with two attached hydrogens (primary N) is 1. The van der Waals surface area contributed by atoms with E-state index in [9.17, 15) is 4.39 Å². The van der Waals surface area contributed by atoms with Gasteiger partial charge >= 0.3 is 0 Å². The van der Waals surface area contributed by atoms with Gasteiger partial charge < -0.3 is 0 Å². The third-order valence-electron chi connectivity index (χ3n) is 3.08. The minimum atomic E-state index is -0.181. The lowest BCUT2D eigenvalue weighted by Gasteiger charge is -2.20. The van der Waals surface area contributed by atoms with E-state index in [2.05, 4.69) is 19.3 Å². The van der Waals surface area contributed by atoms with Crippen LogP contribution >= 0.6 is 0 Å². The first-order chi connectivity index (χ1) is 8.15. The SMILES string of the molecule is CCCC(C)CC(Cc1cccc(F)c1)NN. The van der Waals surface area contributed by atoms with Crippen LogP contribution in [0.25, 0.3) is 0 Å². The molecule has 2 nitrogen and oxygen atoms in total. The van der Waals surface area contributed by atoms with Crippen LogP contribution in [-0.2, 0) is 6.42 Å². The summed E-state index contributed by atoms with van der Waals surface area (Å²) in [5, 5.41) is 0. The molecule has 0 aliphatic heterocycles. The van der Waals surface area contributed by atoms with Gasteiger partial charge in [0.1, 0.15) is 5.82 Å². The molecule has 1 aromatic carbocycles. The van der Waals surface area contributed by atoms with Crippen LogP contribution in [0.5, 0.6) is 0 Å². The fourth-order valence-electron chi connectivity index (χ4n) is 2.26. The maximum Gasteiger partial charge on any atom is 0.123 e. The van der Waals surface area contributed by atoms with Gasteiger partial charge in [-0.05, 0) is 36.5 Å². The largest absolute Gasteiger partial charge is 0.271 e. The van der Waals surface area contributed by atoms with Crippen molar-refractivity contribution >= 4 is 0 Å². The van der Waals surface area contributed by atoms with Crippen molar-refractivity contribution in [3.05, 3.63) is 35.6 Å². The molecule has 0 aliphatic rings. The number of halogens is 1. The van der Waals surface area contributed by atoms with E-state index in [1.165, 1.54) is 18.9 Å². The fraction of sp³-hybridized carbons (Fsp3) is 0.571. The van der Waals surface area contributed by atoms with E-state index < -0.39 is 0 Å². The minimum absolute atomic E-state index is 0.181. The van der Waals surface area contributed by atoms with Gasteiger partial charge in [-0.15, -0.1) is 0 Å². The zero-order chi connectivity index (χ0) is 12.7. The third-order valence-corrected chi connectivity index (χ3v) is 3.08. The molecular weight excluding hydrogens is 215 g/mol. The molecule has 3 N–H and O–H groups in total. The second-order valence-corrected chi connectivity index (χ2v) is 4.83. The van der Waals surface area contributed by atoms with Crippen molar-refractivity contribution in [2.24, 2.45) is 11.8 Å². The summed E-state index contributed by atoms with van der Waals surface area (Å²) < 4.78 is 13.1. The molecule has 0 radical (unpaired) electrons. The van der Waals surface area contributed by atoms with Gasteiger partial charge in [0.2, 0.25) is 0 Å². The van der Waals surface area contributed by atoms with Gasteiger partial charge in [0.15, 0.2) is 0 Å². The predicted molar refractivity (Wildman–Crippen MR) is 69.9 cm³/mol. The summed E-state index contributed by atoms with van der Waals surface area (Å²) in [6.45, 7) is 4.42. The highest BCUT2D eigenvalue weighted by Gasteiger charge is 2.12. The highest BCUT2D eigenvalue weighted by atomic mass is 19.1. The number of hydrazine groups is 1. The van der Waals surface area contributed by atoms with Crippen LogP contribution in [0.15, 0.2) is 24.3 Å². The summed E-state index contributed by atoms with van der Waals surface area (Å²) in [7, 11) is 0. The van der Waals surface area contributed by atoms with Crippen molar-refractivity contribution in [1.29, 1.82) is 0 Å². The zero-order valence-corrected chi connectivity index (χ0v) is 10.7. The first-order valence-corrected chi connectivity index (χ1v) is 6.36. The van der Waals surface area contributed by atoms with Crippen molar-refractivity contribution in [3.63, 3.8) is 0 Å². The van der Waals surface area contributed by atoms with Crippen molar-refractivity contribution in [2.45, 2.75) is 45.6 Å². The zero-order valence-electron chi connectivity index (χ0n) is 10.7. The quantitative estimate of drug-likeness (QED) is 0.566. The second-order valence-electron chi connectivity index (χ2n) is 4.83. The molecule has 17 heavy (non-hydrogen) atoms. The smallest absolute Gasteiger partial charge is 0.123 e. The number of benzene rings is 1. The number of hydrogen-bond acceptors (Lipinski definition) is 2. The molecule has 0 aliphatic carbocycles. The summed E-state index contributed by atoms with van der Waals surface area (Å²) in [6.07, 6.45) is 4.21. The molecule has 1 rings (SSSR count). The van der Waals surface area contributed by atoms with Crippen LogP contribution in [0.1, 0.15) is 38.7 Å². The van der Waals surface area contributed by atoms with Gasteiger partial charge in [-0.3, -0.25) is 11.3 Å². The first-order valence-electron chi connectivity index (χ1n) is 6.36. The Morgan fingerprint density at radius 2 is 2.18 bits per heavy atom. The molecule has 0 saturated carbocycles. The highest BCUT2D eigenvalue weighted by Crippen LogP contribution is 2.15. The molecule has 0 aromatic heterocycles. The van der Waals surface area contributed by atoms with Crippen LogP contribution in [0.2, 0.25) is 0 Å². The van der Waals surface area contributed by atoms with Gasteiger partial charge in [-0.25, -0.2) is 4.39 Å². The Bertz CT molecular complexity index is 328. The Kier molecular flexibility index (Phi) is 6.16. The summed E-state index contributed by atoms with van der Waals surface area (Å²) in [4.78, 5) is 0.